The second kappa shape index (κ2) is 6.08. The van der Waals surface area contributed by atoms with Gasteiger partial charge in [-0.05, 0) is 38.5 Å². The number of nitrogens with zero attached hydrogens (tertiary/aromatic N) is 2. The van der Waals surface area contributed by atoms with Crippen LogP contribution < -0.4 is 0 Å². The van der Waals surface area contributed by atoms with E-state index in [4.69, 9.17) is 14.3 Å². The van der Waals surface area contributed by atoms with E-state index in [1.807, 2.05) is 0 Å². The van der Waals surface area contributed by atoms with E-state index < -0.39 is 12.1 Å². The molecule has 2 saturated heterocycles. The van der Waals surface area contributed by atoms with Crippen LogP contribution in [0.3, 0.4) is 0 Å². The van der Waals surface area contributed by atoms with Gasteiger partial charge in [-0.2, -0.15) is 0 Å². The lowest BCUT2D eigenvalue weighted by atomic mass is 9.89. The molecule has 0 radical (unpaired) electrons. The van der Waals surface area contributed by atoms with E-state index >= 15 is 0 Å². The Morgan fingerprint density at radius 3 is 2.55 bits per heavy atom. The maximum atomic E-state index is 12.3. The van der Waals surface area contributed by atoms with Crippen molar-refractivity contribution in [3.05, 3.63) is 17.8 Å². The highest BCUT2D eigenvalue weighted by molar-refractivity contribution is 5.92. The van der Waals surface area contributed by atoms with Crippen LogP contribution in [0.25, 0.3) is 0 Å². The van der Waals surface area contributed by atoms with Crippen LogP contribution in [-0.2, 0) is 9.53 Å². The summed E-state index contributed by atoms with van der Waals surface area (Å²) < 4.78 is 10.8. The number of carbonyl (C=O) groups excluding carboxylic acids is 1. The normalized spacial score (nSPS) is 26.3. The maximum absolute atomic E-state index is 12.3. The molecule has 0 unspecified atom stereocenters. The first-order valence-corrected chi connectivity index (χ1v) is 7.64. The predicted octanol–water partition coefficient (Wildman–Crippen LogP) is 1.47. The van der Waals surface area contributed by atoms with Gasteiger partial charge in [0, 0.05) is 13.1 Å². The number of piperidine rings is 1. The van der Waals surface area contributed by atoms with Crippen molar-refractivity contribution in [3.8, 4) is 0 Å². The highest BCUT2D eigenvalue weighted by atomic mass is 16.5. The van der Waals surface area contributed by atoms with Gasteiger partial charge >= 0.3 is 5.97 Å². The zero-order valence-electron chi connectivity index (χ0n) is 12.5. The van der Waals surface area contributed by atoms with Gasteiger partial charge in [0.1, 0.15) is 0 Å². The summed E-state index contributed by atoms with van der Waals surface area (Å²) in [6.07, 6.45) is 3.65. The summed E-state index contributed by atoms with van der Waals surface area (Å²) in [4.78, 5) is 29.0. The number of ether oxygens (including phenoxy) is 1. The second-order valence-electron chi connectivity index (χ2n) is 5.98. The minimum Gasteiger partial charge on any atom is -0.479 e. The minimum atomic E-state index is -0.879. The topological polar surface area (TPSA) is 92.9 Å². The first-order valence-electron chi connectivity index (χ1n) is 7.64. The Labute approximate surface area is 128 Å². The number of aryl methyl sites for hydroxylation is 1. The molecule has 120 valence electrons. The lowest BCUT2D eigenvalue weighted by Gasteiger charge is -2.34. The molecule has 0 bridgehead atoms. The van der Waals surface area contributed by atoms with Gasteiger partial charge in [0.15, 0.2) is 12.5 Å². The van der Waals surface area contributed by atoms with E-state index in [1.54, 1.807) is 11.8 Å². The number of hydrogen-bond donors (Lipinski definition) is 1. The fraction of sp³-hybridized carbons (Fsp3) is 0.667. The van der Waals surface area contributed by atoms with Gasteiger partial charge in [-0.3, -0.25) is 4.79 Å². The summed E-state index contributed by atoms with van der Waals surface area (Å²) in [5.41, 5.74) is 0.607. The zero-order chi connectivity index (χ0) is 15.7. The van der Waals surface area contributed by atoms with Crippen LogP contribution in [0.2, 0.25) is 0 Å². The molecule has 2 aliphatic heterocycles. The quantitative estimate of drug-likeness (QED) is 0.909. The molecule has 2 fully saturated rings. The molecule has 22 heavy (non-hydrogen) atoms. The average molecular weight is 308 g/mol. The van der Waals surface area contributed by atoms with E-state index in [0.29, 0.717) is 36.9 Å². The molecule has 3 rings (SSSR count). The van der Waals surface area contributed by atoms with Crippen LogP contribution in [-0.4, -0.2) is 52.2 Å². The van der Waals surface area contributed by atoms with Gasteiger partial charge in [-0.25, -0.2) is 9.78 Å². The number of likely N-dealkylation sites (tertiary alicyclic amines) is 1. The molecule has 1 amide bonds. The van der Waals surface area contributed by atoms with Gasteiger partial charge in [0.25, 0.3) is 5.91 Å². The molecule has 2 atom stereocenters. The summed E-state index contributed by atoms with van der Waals surface area (Å²) >= 11 is 0. The summed E-state index contributed by atoms with van der Waals surface area (Å²) in [5.74, 6) is -0.370. The Bertz CT molecular complexity index is 562. The van der Waals surface area contributed by atoms with Crippen molar-refractivity contribution in [1.82, 2.24) is 9.88 Å². The molecule has 1 aromatic rings. The van der Waals surface area contributed by atoms with Gasteiger partial charge < -0.3 is 19.2 Å². The van der Waals surface area contributed by atoms with Crippen molar-refractivity contribution in [1.29, 1.82) is 0 Å². The number of hydrogen-bond acceptors (Lipinski definition) is 5. The number of rotatable bonds is 3. The monoisotopic (exact) mass is 308 g/mol. The predicted molar refractivity (Wildman–Crippen MR) is 75.4 cm³/mol. The van der Waals surface area contributed by atoms with E-state index in [1.165, 1.54) is 6.39 Å². The molecular formula is C15H20N2O5. The van der Waals surface area contributed by atoms with E-state index in [0.717, 1.165) is 19.3 Å². The van der Waals surface area contributed by atoms with Crippen LogP contribution in [0, 0.1) is 12.8 Å². The molecule has 7 heteroatoms. The van der Waals surface area contributed by atoms with Gasteiger partial charge in [-0.15, -0.1) is 0 Å². The molecule has 0 spiro atoms. The number of carboxylic acid groups (broad SMARTS) is 1. The van der Waals surface area contributed by atoms with E-state index in [-0.39, 0.29) is 12.0 Å². The molecule has 3 heterocycles. The number of amides is 1. The fourth-order valence-corrected chi connectivity index (χ4v) is 3.32. The lowest BCUT2D eigenvalue weighted by molar-refractivity contribution is -0.150. The molecule has 0 aromatic carbocycles. The van der Waals surface area contributed by atoms with Crippen molar-refractivity contribution in [2.45, 2.75) is 44.8 Å². The van der Waals surface area contributed by atoms with Crippen molar-refractivity contribution >= 4 is 11.9 Å². The van der Waals surface area contributed by atoms with Crippen molar-refractivity contribution in [2.75, 3.05) is 13.1 Å². The van der Waals surface area contributed by atoms with Crippen LogP contribution >= 0.6 is 0 Å². The Kier molecular flexibility index (Phi) is 4.15. The Hall–Kier alpha value is -1.89. The fourth-order valence-electron chi connectivity index (χ4n) is 3.32. The zero-order valence-corrected chi connectivity index (χ0v) is 12.5. The highest BCUT2D eigenvalue weighted by Gasteiger charge is 2.37. The van der Waals surface area contributed by atoms with Crippen LogP contribution in [0.4, 0.5) is 0 Å². The smallest absolute Gasteiger partial charge is 0.332 e. The number of carboxylic acids is 1. The molecule has 0 saturated carbocycles. The first kappa shape index (κ1) is 15.0. The van der Waals surface area contributed by atoms with Crippen molar-refractivity contribution < 1.29 is 23.8 Å². The van der Waals surface area contributed by atoms with E-state index in [9.17, 15) is 9.59 Å². The average Bonchev–Trinajstić information content (AvgIpc) is 3.15. The number of aliphatic carboxylic acids is 1. The number of oxazole rings is 1. The molecule has 2 aliphatic rings. The molecule has 1 aromatic heterocycles. The summed E-state index contributed by atoms with van der Waals surface area (Å²) in [5, 5.41) is 8.98. The molecule has 7 nitrogen and oxygen atoms in total. The third-order valence-electron chi connectivity index (χ3n) is 4.62. The standard InChI is InChI=1S/C15H20N2O5/c1-9-13(21-8-16-9)14(18)17-6-4-10(5-7-17)11-2-3-12(22-11)15(19)20/h8,10-12H,2-7H2,1H3,(H,19,20)/t11-,12+/m0/s1. The lowest BCUT2D eigenvalue weighted by Crippen LogP contribution is -2.41. The van der Waals surface area contributed by atoms with E-state index in [2.05, 4.69) is 4.98 Å². The minimum absolute atomic E-state index is 0.00497. The van der Waals surface area contributed by atoms with Crippen molar-refractivity contribution in [2.24, 2.45) is 5.92 Å². The van der Waals surface area contributed by atoms with Crippen LogP contribution in [0.5, 0.6) is 0 Å². The largest absolute Gasteiger partial charge is 0.479 e. The highest BCUT2D eigenvalue weighted by Crippen LogP contribution is 2.32. The molecule has 0 aliphatic carbocycles. The third kappa shape index (κ3) is 2.85. The van der Waals surface area contributed by atoms with Gasteiger partial charge in [0.05, 0.1) is 11.8 Å². The Morgan fingerprint density at radius 1 is 1.27 bits per heavy atom. The summed E-state index contributed by atoms with van der Waals surface area (Å²) in [6.45, 7) is 3.03. The summed E-state index contributed by atoms with van der Waals surface area (Å²) in [7, 11) is 0. The SMILES string of the molecule is Cc1ncoc1C(=O)N1CCC([C@@H]2CC[C@H](C(=O)O)O2)CC1. The Morgan fingerprint density at radius 2 is 2.00 bits per heavy atom. The number of aromatic nitrogens is 1. The van der Waals surface area contributed by atoms with Crippen LogP contribution in [0.15, 0.2) is 10.8 Å². The van der Waals surface area contributed by atoms with Gasteiger partial charge in [-0.1, -0.05) is 0 Å². The number of carbonyl (C=O) groups is 2. The van der Waals surface area contributed by atoms with Crippen molar-refractivity contribution in [3.63, 3.8) is 0 Å². The third-order valence-corrected chi connectivity index (χ3v) is 4.62. The Balaban J connectivity index is 1.54. The van der Waals surface area contributed by atoms with Crippen LogP contribution in [0.1, 0.15) is 41.9 Å². The first-order chi connectivity index (χ1) is 10.6. The molecule has 1 N–H and O–H groups in total. The van der Waals surface area contributed by atoms with Gasteiger partial charge in [0.2, 0.25) is 5.76 Å². The maximum Gasteiger partial charge on any atom is 0.332 e. The second-order valence-corrected chi connectivity index (χ2v) is 5.98. The molecular weight excluding hydrogens is 288 g/mol. The summed E-state index contributed by atoms with van der Waals surface area (Å²) in [6, 6.07) is 0.